The van der Waals surface area contributed by atoms with Crippen LogP contribution in [0.5, 0.6) is 0 Å². The van der Waals surface area contributed by atoms with E-state index in [1.165, 1.54) is 0 Å². The molecule has 0 aliphatic carbocycles. The Morgan fingerprint density at radius 3 is 2.56 bits per heavy atom. The van der Waals surface area contributed by atoms with Crippen LogP contribution in [0.25, 0.3) is 0 Å². The highest BCUT2D eigenvalue weighted by Crippen LogP contribution is 2.15. The van der Waals surface area contributed by atoms with E-state index in [0.29, 0.717) is 17.9 Å². The maximum absolute atomic E-state index is 12.0. The summed E-state index contributed by atoms with van der Waals surface area (Å²) in [6.45, 7) is 6.23. The Bertz CT molecular complexity index is 449. The van der Waals surface area contributed by atoms with Gasteiger partial charge in [0.1, 0.15) is 5.69 Å². The van der Waals surface area contributed by atoms with Crippen molar-refractivity contribution in [2.75, 3.05) is 18.9 Å². The molecule has 0 atom stereocenters. The number of aromatic nitrogens is 1. The minimum absolute atomic E-state index is 0.0509. The van der Waals surface area contributed by atoms with Crippen molar-refractivity contribution in [1.82, 2.24) is 9.47 Å². The maximum atomic E-state index is 12.0. The lowest BCUT2D eigenvalue weighted by atomic mass is 10.2. The monoisotopic (exact) mass is 251 g/mol. The third kappa shape index (κ3) is 3.12. The van der Waals surface area contributed by atoms with Gasteiger partial charge in [-0.1, -0.05) is 13.8 Å². The molecule has 1 aromatic rings. The molecule has 0 radical (unpaired) electrons. The van der Waals surface area contributed by atoms with E-state index in [1.54, 1.807) is 35.8 Å². The summed E-state index contributed by atoms with van der Waals surface area (Å²) in [6.07, 6.45) is 1.75. The predicted molar refractivity (Wildman–Crippen MR) is 71.5 cm³/mol. The van der Waals surface area contributed by atoms with E-state index in [9.17, 15) is 9.59 Å². The normalized spacial score (nSPS) is 10.6. The highest BCUT2D eigenvalue weighted by atomic mass is 16.2. The second-order valence-electron chi connectivity index (χ2n) is 4.69. The van der Waals surface area contributed by atoms with Crippen LogP contribution in [0.4, 0.5) is 5.69 Å². The fraction of sp³-hybridized carbons (Fsp3) is 0.538. The van der Waals surface area contributed by atoms with Crippen molar-refractivity contribution < 1.29 is 9.59 Å². The lowest BCUT2D eigenvalue weighted by Crippen LogP contribution is -2.27. The first-order valence-corrected chi connectivity index (χ1v) is 6.09. The molecular formula is C13H21N3O2. The second-order valence-corrected chi connectivity index (χ2v) is 4.69. The Kier molecular flexibility index (Phi) is 4.53. The van der Waals surface area contributed by atoms with E-state index in [4.69, 9.17) is 0 Å². The fourth-order valence-corrected chi connectivity index (χ4v) is 1.47. The Labute approximate surface area is 108 Å². The molecule has 1 aromatic heterocycles. The van der Waals surface area contributed by atoms with Gasteiger partial charge in [0.15, 0.2) is 0 Å². The largest absolute Gasteiger partial charge is 0.344 e. The van der Waals surface area contributed by atoms with Crippen LogP contribution in [0, 0.1) is 5.92 Å². The van der Waals surface area contributed by atoms with Crippen LogP contribution >= 0.6 is 0 Å². The molecule has 0 aromatic carbocycles. The SMILES string of the molecule is CCN(C)C(=O)c1cc(NC(=O)C(C)C)cn1C. The van der Waals surface area contributed by atoms with Crippen LogP contribution in [0.3, 0.4) is 0 Å². The number of amides is 2. The molecule has 0 aliphatic heterocycles. The average molecular weight is 251 g/mol. The van der Waals surface area contributed by atoms with Gasteiger partial charge in [-0.3, -0.25) is 9.59 Å². The number of nitrogens with one attached hydrogen (secondary N) is 1. The average Bonchev–Trinajstić information content (AvgIpc) is 2.67. The van der Waals surface area contributed by atoms with Crippen LogP contribution in [0.1, 0.15) is 31.3 Å². The van der Waals surface area contributed by atoms with Crippen molar-refractivity contribution in [1.29, 1.82) is 0 Å². The van der Waals surface area contributed by atoms with E-state index in [0.717, 1.165) is 0 Å². The third-order valence-electron chi connectivity index (χ3n) is 2.84. The molecule has 0 unspecified atom stereocenters. The van der Waals surface area contributed by atoms with Crippen LogP contribution in [0.15, 0.2) is 12.3 Å². The summed E-state index contributed by atoms with van der Waals surface area (Å²) in [6, 6.07) is 1.70. The Balaban J connectivity index is 2.88. The maximum Gasteiger partial charge on any atom is 0.270 e. The van der Waals surface area contributed by atoms with Gasteiger partial charge in [0, 0.05) is 32.8 Å². The Hall–Kier alpha value is -1.78. The number of hydrogen-bond donors (Lipinski definition) is 1. The molecule has 0 fully saturated rings. The number of carbonyl (C=O) groups is 2. The molecule has 1 heterocycles. The molecule has 1 rings (SSSR count). The molecule has 5 nitrogen and oxygen atoms in total. The van der Waals surface area contributed by atoms with Crippen molar-refractivity contribution in [2.24, 2.45) is 13.0 Å². The first kappa shape index (κ1) is 14.3. The number of hydrogen-bond acceptors (Lipinski definition) is 2. The fourth-order valence-electron chi connectivity index (χ4n) is 1.47. The number of nitrogens with zero attached hydrogens (tertiary/aromatic N) is 2. The molecule has 0 saturated heterocycles. The highest BCUT2D eigenvalue weighted by Gasteiger charge is 2.16. The molecule has 1 N–H and O–H groups in total. The van der Waals surface area contributed by atoms with Crippen LogP contribution < -0.4 is 5.32 Å². The van der Waals surface area contributed by atoms with Crippen LogP contribution in [-0.4, -0.2) is 34.9 Å². The molecule has 18 heavy (non-hydrogen) atoms. The summed E-state index contributed by atoms with van der Waals surface area (Å²) in [7, 11) is 3.55. The standard InChI is InChI=1S/C13H21N3O2/c1-6-15(4)13(18)11-7-10(8-16(11)5)14-12(17)9(2)3/h7-9H,6H2,1-5H3,(H,14,17). The number of anilines is 1. The van der Waals surface area contributed by atoms with Gasteiger partial charge in [-0.2, -0.15) is 0 Å². The summed E-state index contributed by atoms with van der Waals surface area (Å²) in [4.78, 5) is 25.2. The van der Waals surface area contributed by atoms with Gasteiger partial charge in [0.25, 0.3) is 5.91 Å². The summed E-state index contributed by atoms with van der Waals surface area (Å²) in [5, 5.41) is 2.78. The van der Waals surface area contributed by atoms with Gasteiger partial charge in [0.2, 0.25) is 5.91 Å². The van der Waals surface area contributed by atoms with Crippen molar-refractivity contribution in [3.8, 4) is 0 Å². The van der Waals surface area contributed by atoms with Crippen LogP contribution in [-0.2, 0) is 11.8 Å². The zero-order valence-electron chi connectivity index (χ0n) is 11.7. The molecule has 0 spiro atoms. The predicted octanol–water partition coefficient (Wildman–Crippen LogP) is 1.71. The smallest absolute Gasteiger partial charge is 0.270 e. The molecule has 0 saturated carbocycles. The molecule has 2 amide bonds. The first-order chi connectivity index (χ1) is 8.36. The second kappa shape index (κ2) is 5.71. The van der Waals surface area contributed by atoms with Gasteiger partial charge in [-0.25, -0.2) is 0 Å². The lowest BCUT2D eigenvalue weighted by molar-refractivity contribution is -0.118. The van der Waals surface area contributed by atoms with Gasteiger partial charge in [0.05, 0.1) is 5.69 Å². The van der Waals surface area contributed by atoms with E-state index < -0.39 is 0 Å². The molecule has 0 bridgehead atoms. The minimum atomic E-state index is -0.0809. The summed E-state index contributed by atoms with van der Waals surface area (Å²) in [5.41, 5.74) is 1.22. The molecular weight excluding hydrogens is 230 g/mol. The zero-order chi connectivity index (χ0) is 13.9. The summed E-state index contributed by atoms with van der Waals surface area (Å²) < 4.78 is 1.73. The number of carbonyl (C=O) groups excluding carboxylic acids is 2. The van der Waals surface area contributed by atoms with E-state index in [1.807, 2.05) is 20.8 Å². The van der Waals surface area contributed by atoms with Crippen molar-refractivity contribution in [3.63, 3.8) is 0 Å². The molecule has 100 valence electrons. The van der Waals surface area contributed by atoms with E-state index >= 15 is 0 Å². The topological polar surface area (TPSA) is 54.3 Å². The number of aryl methyl sites for hydroxylation is 1. The third-order valence-corrected chi connectivity index (χ3v) is 2.84. The van der Waals surface area contributed by atoms with Gasteiger partial charge >= 0.3 is 0 Å². The van der Waals surface area contributed by atoms with Crippen molar-refractivity contribution in [3.05, 3.63) is 18.0 Å². The van der Waals surface area contributed by atoms with Crippen molar-refractivity contribution in [2.45, 2.75) is 20.8 Å². The quantitative estimate of drug-likeness (QED) is 0.885. The Morgan fingerprint density at radius 1 is 1.44 bits per heavy atom. The molecule has 0 aliphatic rings. The van der Waals surface area contributed by atoms with Crippen LogP contribution in [0.2, 0.25) is 0 Å². The van der Waals surface area contributed by atoms with Gasteiger partial charge in [-0.05, 0) is 13.0 Å². The zero-order valence-corrected chi connectivity index (χ0v) is 11.7. The van der Waals surface area contributed by atoms with E-state index in [-0.39, 0.29) is 17.7 Å². The van der Waals surface area contributed by atoms with E-state index in [2.05, 4.69) is 5.32 Å². The minimum Gasteiger partial charge on any atom is -0.344 e. The summed E-state index contributed by atoms with van der Waals surface area (Å²) in [5.74, 6) is -0.184. The summed E-state index contributed by atoms with van der Waals surface area (Å²) >= 11 is 0. The molecule has 5 heteroatoms. The highest BCUT2D eigenvalue weighted by molar-refractivity contribution is 5.96. The Morgan fingerprint density at radius 2 is 2.06 bits per heavy atom. The van der Waals surface area contributed by atoms with Gasteiger partial charge in [-0.15, -0.1) is 0 Å². The van der Waals surface area contributed by atoms with Crippen molar-refractivity contribution >= 4 is 17.5 Å². The lowest BCUT2D eigenvalue weighted by Gasteiger charge is -2.14. The van der Waals surface area contributed by atoms with Gasteiger partial charge < -0.3 is 14.8 Å². The first-order valence-electron chi connectivity index (χ1n) is 6.09. The number of rotatable bonds is 4.